The van der Waals surface area contributed by atoms with Gasteiger partial charge in [0.25, 0.3) is 10.0 Å². The van der Waals surface area contributed by atoms with E-state index in [4.69, 9.17) is 4.84 Å². The van der Waals surface area contributed by atoms with E-state index < -0.39 is 10.0 Å². The molecule has 0 saturated carbocycles. The van der Waals surface area contributed by atoms with Crippen molar-refractivity contribution >= 4 is 26.0 Å². The quantitative estimate of drug-likeness (QED) is 0.850. The molecule has 0 spiro atoms. The summed E-state index contributed by atoms with van der Waals surface area (Å²) in [4.78, 5) is 7.28. The third kappa shape index (κ3) is 3.87. The molecule has 0 aliphatic rings. The molecule has 0 saturated heterocycles. The normalized spacial score (nSPS) is 11.4. The van der Waals surface area contributed by atoms with Crippen molar-refractivity contribution in [2.45, 2.75) is 11.5 Å². The Morgan fingerprint density at radius 3 is 2.32 bits per heavy atom. The van der Waals surface area contributed by atoms with Gasteiger partial charge in [0.1, 0.15) is 0 Å². The minimum absolute atomic E-state index is 0.142. The Balaban J connectivity index is 2.01. The van der Waals surface area contributed by atoms with Crippen LogP contribution in [0.1, 0.15) is 5.56 Å². The summed E-state index contributed by atoms with van der Waals surface area (Å²) in [5, 5.41) is 0. The van der Waals surface area contributed by atoms with Gasteiger partial charge in [0.15, 0.2) is 0 Å². The lowest BCUT2D eigenvalue weighted by molar-refractivity contribution is 0.0795. The summed E-state index contributed by atoms with van der Waals surface area (Å²) in [5.41, 5.74) is 0.886. The highest BCUT2D eigenvalue weighted by Gasteiger charge is 2.16. The largest absolute Gasteiger partial charge is 0.282 e. The molecule has 0 unspecified atom stereocenters. The van der Waals surface area contributed by atoms with Crippen molar-refractivity contribution in [2.75, 3.05) is 0 Å². The number of hydrogen-bond donors (Lipinski definition) is 1. The summed E-state index contributed by atoms with van der Waals surface area (Å²) in [5.74, 6) is 0. The minimum Gasteiger partial charge on any atom is -0.282 e. The van der Waals surface area contributed by atoms with Crippen LogP contribution in [0.3, 0.4) is 0 Å². The summed E-state index contributed by atoms with van der Waals surface area (Å²) in [6.07, 6.45) is 0. The Bertz CT molecular complexity index is 644. The highest BCUT2D eigenvalue weighted by atomic mass is 79.9. The molecule has 0 aliphatic carbocycles. The van der Waals surface area contributed by atoms with Crippen LogP contribution in [0.15, 0.2) is 64.0 Å². The van der Waals surface area contributed by atoms with Gasteiger partial charge in [-0.05, 0) is 33.6 Å². The molecular formula is C13H12BrNO3S. The van der Waals surface area contributed by atoms with E-state index in [9.17, 15) is 8.42 Å². The molecule has 6 heteroatoms. The summed E-state index contributed by atoms with van der Waals surface area (Å²) in [7, 11) is -3.68. The smallest absolute Gasteiger partial charge is 0.263 e. The fourth-order valence-corrected chi connectivity index (χ4v) is 3.28. The molecule has 1 N–H and O–H groups in total. The van der Waals surface area contributed by atoms with Crippen molar-refractivity contribution in [3.8, 4) is 0 Å². The van der Waals surface area contributed by atoms with Crippen LogP contribution in [0.5, 0.6) is 0 Å². The van der Waals surface area contributed by atoms with Crippen molar-refractivity contribution in [2.24, 2.45) is 0 Å². The predicted molar refractivity (Wildman–Crippen MR) is 75.7 cm³/mol. The summed E-state index contributed by atoms with van der Waals surface area (Å²) in [6, 6.07) is 15.9. The first kappa shape index (κ1) is 14.2. The molecule has 19 heavy (non-hydrogen) atoms. The number of sulfonamides is 1. The van der Waals surface area contributed by atoms with Crippen LogP contribution in [0.4, 0.5) is 0 Å². The van der Waals surface area contributed by atoms with Gasteiger partial charge in [-0.1, -0.05) is 47.3 Å². The van der Waals surface area contributed by atoms with Gasteiger partial charge in [0.2, 0.25) is 0 Å². The van der Waals surface area contributed by atoms with Gasteiger partial charge in [-0.3, -0.25) is 4.84 Å². The Labute approximate surface area is 120 Å². The number of halogens is 1. The van der Waals surface area contributed by atoms with Crippen molar-refractivity contribution in [3.63, 3.8) is 0 Å². The van der Waals surface area contributed by atoms with Crippen molar-refractivity contribution in [1.82, 2.24) is 4.89 Å². The van der Waals surface area contributed by atoms with Crippen molar-refractivity contribution in [3.05, 3.63) is 64.6 Å². The van der Waals surface area contributed by atoms with Crippen LogP contribution in [-0.2, 0) is 21.5 Å². The molecule has 0 radical (unpaired) electrons. The summed E-state index contributed by atoms with van der Waals surface area (Å²) < 4.78 is 24.4. The number of nitrogens with one attached hydrogen (secondary N) is 1. The van der Waals surface area contributed by atoms with Crippen LogP contribution in [0.25, 0.3) is 0 Å². The van der Waals surface area contributed by atoms with Gasteiger partial charge < -0.3 is 0 Å². The van der Waals surface area contributed by atoms with Gasteiger partial charge in [0.05, 0.1) is 11.5 Å². The van der Waals surface area contributed by atoms with Crippen molar-refractivity contribution in [1.29, 1.82) is 0 Å². The Morgan fingerprint density at radius 2 is 1.63 bits per heavy atom. The predicted octanol–water partition coefficient (Wildman–Crippen LogP) is 2.86. The van der Waals surface area contributed by atoms with Crippen LogP contribution in [0.2, 0.25) is 0 Å². The van der Waals surface area contributed by atoms with E-state index in [0.29, 0.717) is 4.47 Å². The van der Waals surface area contributed by atoms with Crippen LogP contribution < -0.4 is 4.89 Å². The maximum absolute atomic E-state index is 12.0. The molecule has 2 aromatic rings. The zero-order valence-electron chi connectivity index (χ0n) is 9.91. The third-order valence-electron chi connectivity index (χ3n) is 2.38. The van der Waals surface area contributed by atoms with E-state index in [1.807, 2.05) is 30.3 Å². The van der Waals surface area contributed by atoms with E-state index in [1.54, 1.807) is 18.2 Å². The lowest BCUT2D eigenvalue weighted by Crippen LogP contribution is -2.24. The van der Waals surface area contributed by atoms with E-state index in [2.05, 4.69) is 20.8 Å². The standard InChI is InChI=1S/C13H12BrNO3S/c14-12-8-4-5-9-13(12)19(16,17)15-18-10-11-6-2-1-3-7-11/h1-9,15H,10H2. The molecule has 0 fully saturated rings. The first-order valence-electron chi connectivity index (χ1n) is 5.51. The molecule has 4 nitrogen and oxygen atoms in total. The van der Waals surface area contributed by atoms with Gasteiger partial charge in [-0.25, -0.2) is 8.42 Å². The number of benzene rings is 2. The minimum atomic E-state index is -3.68. The molecule has 0 amide bonds. The van der Waals surface area contributed by atoms with Crippen LogP contribution >= 0.6 is 15.9 Å². The highest BCUT2D eigenvalue weighted by Crippen LogP contribution is 2.20. The molecule has 0 heterocycles. The monoisotopic (exact) mass is 341 g/mol. The maximum atomic E-state index is 12.0. The first-order chi connectivity index (χ1) is 9.09. The Morgan fingerprint density at radius 1 is 1.00 bits per heavy atom. The molecule has 0 bridgehead atoms. The lowest BCUT2D eigenvalue weighted by Gasteiger charge is -2.08. The second-order valence-corrected chi connectivity index (χ2v) is 6.26. The molecule has 2 rings (SSSR count). The third-order valence-corrected chi connectivity index (χ3v) is 4.60. The molecular weight excluding hydrogens is 330 g/mol. The molecule has 100 valence electrons. The molecule has 0 aliphatic heterocycles. The van der Waals surface area contributed by atoms with Gasteiger partial charge in [0, 0.05) is 4.47 Å². The Kier molecular flexibility index (Phi) is 4.71. The topological polar surface area (TPSA) is 55.4 Å². The number of hydrogen-bond acceptors (Lipinski definition) is 3. The average molecular weight is 342 g/mol. The fourth-order valence-electron chi connectivity index (χ4n) is 1.47. The summed E-state index contributed by atoms with van der Waals surface area (Å²) >= 11 is 3.19. The second kappa shape index (κ2) is 6.29. The van der Waals surface area contributed by atoms with E-state index in [-0.39, 0.29) is 11.5 Å². The lowest BCUT2D eigenvalue weighted by atomic mass is 10.2. The maximum Gasteiger partial charge on any atom is 0.263 e. The van der Waals surface area contributed by atoms with E-state index in [0.717, 1.165) is 5.56 Å². The van der Waals surface area contributed by atoms with Crippen molar-refractivity contribution < 1.29 is 13.3 Å². The zero-order valence-corrected chi connectivity index (χ0v) is 12.3. The SMILES string of the molecule is O=S(=O)(NOCc1ccccc1)c1ccccc1Br. The van der Waals surface area contributed by atoms with E-state index >= 15 is 0 Å². The number of rotatable bonds is 5. The summed E-state index contributed by atoms with van der Waals surface area (Å²) in [6.45, 7) is 0.171. The molecule has 0 aromatic heterocycles. The van der Waals surface area contributed by atoms with Gasteiger partial charge >= 0.3 is 0 Å². The second-order valence-electron chi connectivity index (χ2n) is 3.79. The molecule has 2 aromatic carbocycles. The van der Waals surface area contributed by atoms with Crippen LogP contribution in [-0.4, -0.2) is 8.42 Å². The molecule has 0 atom stereocenters. The Hall–Kier alpha value is -1.21. The average Bonchev–Trinajstić information content (AvgIpc) is 2.40. The fraction of sp³-hybridized carbons (Fsp3) is 0.0769. The first-order valence-corrected chi connectivity index (χ1v) is 7.79. The van der Waals surface area contributed by atoms with Crippen LogP contribution in [0, 0.1) is 0 Å². The van der Waals surface area contributed by atoms with Gasteiger partial charge in [-0.15, -0.1) is 0 Å². The highest BCUT2D eigenvalue weighted by molar-refractivity contribution is 9.10. The zero-order chi connectivity index (χ0) is 13.7. The van der Waals surface area contributed by atoms with Gasteiger partial charge in [-0.2, -0.15) is 0 Å². The van der Waals surface area contributed by atoms with E-state index in [1.165, 1.54) is 6.07 Å².